The molecule has 6 nitrogen and oxygen atoms in total. The molecule has 0 spiro atoms. The van der Waals surface area contributed by atoms with E-state index < -0.39 is 17.8 Å². The average molecular weight is 523 g/mol. The Labute approximate surface area is 214 Å². The van der Waals surface area contributed by atoms with Crippen molar-refractivity contribution in [3.05, 3.63) is 114 Å². The van der Waals surface area contributed by atoms with E-state index >= 15 is 0 Å². The van der Waals surface area contributed by atoms with E-state index in [-0.39, 0.29) is 17.7 Å². The number of benzene rings is 2. The smallest absolute Gasteiger partial charge is 0.338 e. The molecule has 0 unspecified atom stereocenters. The van der Waals surface area contributed by atoms with Gasteiger partial charge in [-0.2, -0.15) is 0 Å². The molecule has 36 heavy (non-hydrogen) atoms. The van der Waals surface area contributed by atoms with E-state index in [0.29, 0.717) is 37.1 Å². The highest BCUT2D eigenvalue weighted by Crippen LogP contribution is 2.31. The summed E-state index contributed by atoms with van der Waals surface area (Å²) in [7, 11) is 0. The number of thiazole rings is 1. The van der Waals surface area contributed by atoms with Gasteiger partial charge in [0.05, 0.1) is 28.5 Å². The van der Waals surface area contributed by atoms with Crippen LogP contribution in [0.1, 0.15) is 31.2 Å². The first-order valence-electron chi connectivity index (χ1n) is 11.2. The molecule has 0 bridgehead atoms. The van der Waals surface area contributed by atoms with Gasteiger partial charge >= 0.3 is 5.97 Å². The van der Waals surface area contributed by atoms with Crippen LogP contribution in [0.2, 0.25) is 5.02 Å². The molecule has 1 atom stereocenters. The molecule has 0 fully saturated rings. The van der Waals surface area contributed by atoms with Gasteiger partial charge in [-0.15, -0.1) is 0 Å². The van der Waals surface area contributed by atoms with Crippen LogP contribution in [0.25, 0.3) is 17.4 Å². The number of aromatic nitrogens is 1. The molecule has 3 heterocycles. The van der Waals surface area contributed by atoms with E-state index in [2.05, 4.69) is 4.99 Å². The number of furan rings is 1. The number of nitrogens with zero attached hydrogens (tertiary/aromatic N) is 2. The molecular formula is C27H20ClFN2O4S. The fourth-order valence-electron chi connectivity index (χ4n) is 4.11. The molecule has 0 N–H and O–H groups in total. The van der Waals surface area contributed by atoms with Crippen LogP contribution in [0.4, 0.5) is 4.39 Å². The Morgan fingerprint density at radius 3 is 2.72 bits per heavy atom. The topological polar surface area (TPSA) is 73.8 Å². The van der Waals surface area contributed by atoms with Crippen LogP contribution in [0.15, 0.2) is 86.1 Å². The molecule has 0 saturated heterocycles. The number of esters is 1. The normalized spacial score (nSPS) is 15.6. The third kappa shape index (κ3) is 4.45. The summed E-state index contributed by atoms with van der Waals surface area (Å²) >= 11 is 7.27. The van der Waals surface area contributed by atoms with E-state index in [1.165, 1.54) is 28.0 Å². The van der Waals surface area contributed by atoms with Gasteiger partial charge in [0.15, 0.2) is 4.80 Å². The van der Waals surface area contributed by atoms with Gasteiger partial charge in [-0.3, -0.25) is 9.36 Å². The number of carbonyl (C=O) groups excluding carboxylic acids is 1. The van der Waals surface area contributed by atoms with Gasteiger partial charge in [-0.05, 0) is 55.8 Å². The lowest BCUT2D eigenvalue weighted by Gasteiger charge is -2.24. The summed E-state index contributed by atoms with van der Waals surface area (Å²) in [5, 5.41) is 0.590. The van der Waals surface area contributed by atoms with E-state index in [1.54, 1.807) is 56.3 Å². The second-order valence-corrected chi connectivity index (χ2v) is 9.51. The highest BCUT2D eigenvalue weighted by molar-refractivity contribution is 7.07. The van der Waals surface area contributed by atoms with E-state index in [9.17, 15) is 14.0 Å². The predicted molar refractivity (Wildman–Crippen MR) is 136 cm³/mol. The largest absolute Gasteiger partial charge is 0.463 e. The second kappa shape index (κ2) is 9.72. The molecule has 0 amide bonds. The Balaban J connectivity index is 1.64. The number of ether oxygens (including phenoxy) is 1. The summed E-state index contributed by atoms with van der Waals surface area (Å²) in [5.74, 6) is 0.105. The van der Waals surface area contributed by atoms with Crippen molar-refractivity contribution in [2.45, 2.75) is 19.9 Å². The van der Waals surface area contributed by atoms with Gasteiger partial charge in [-0.25, -0.2) is 14.2 Å². The lowest BCUT2D eigenvalue weighted by Crippen LogP contribution is -2.39. The Kier molecular flexibility index (Phi) is 6.47. The number of hydrogen-bond donors (Lipinski definition) is 0. The van der Waals surface area contributed by atoms with Crippen LogP contribution in [0, 0.1) is 5.82 Å². The highest BCUT2D eigenvalue weighted by Gasteiger charge is 2.33. The summed E-state index contributed by atoms with van der Waals surface area (Å²) in [6.07, 6.45) is 1.64. The van der Waals surface area contributed by atoms with Crippen LogP contribution in [-0.2, 0) is 9.53 Å². The second-order valence-electron chi connectivity index (χ2n) is 8.07. The third-order valence-corrected chi connectivity index (χ3v) is 6.93. The maximum absolute atomic E-state index is 13.7. The van der Waals surface area contributed by atoms with Crippen molar-refractivity contribution in [2.24, 2.45) is 4.99 Å². The summed E-state index contributed by atoms with van der Waals surface area (Å²) in [5.41, 5.74) is 1.72. The molecule has 0 aliphatic carbocycles. The van der Waals surface area contributed by atoms with Crippen molar-refractivity contribution in [3.8, 4) is 11.3 Å². The molecule has 9 heteroatoms. The zero-order chi connectivity index (χ0) is 25.4. The fourth-order valence-corrected chi connectivity index (χ4v) is 5.33. The standard InChI is InChI=1S/C27H20ClFN2O4S/c1-3-34-26(33)23-15(2)30-27-31(24(23)16-7-9-19(29)10-8-16)25(32)22(36-27)14-20-11-12-21(35-20)17-5-4-6-18(28)13-17/h4-14,24H,3H2,1-2H3/b22-14-/t24-/m0/s1. The van der Waals surface area contributed by atoms with Crippen LogP contribution in [-0.4, -0.2) is 17.1 Å². The Morgan fingerprint density at radius 2 is 2.00 bits per heavy atom. The quantitative estimate of drug-likeness (QED) is 0.351. The average Bonchev–Trinajstić information content (AvgIpc) is 3.43. The molecule has 2 aromatic heterocycles. The zero-order valence-corrected chi connectivity index (χ0v) is 20.9. The van der Waals surface area contributed by atoms with Gasteiger partial charge in [0.2, 0.25) is 0 Å². The minimum absolute atomic E-state index is 0.170. The van der Waals surface area contributed by atoms with Gasteiger partial charge in [-0.1, -0.05) is 47.2 Å². The zero-order valence-electron chi connectivity index (χ0n) is 19.3. The summed E-state index contributed by atoms with van der Waals surface area (Å²) < 4.78 is 26.7. The predicted octanol–water partition coefficient (Wildman–Crippen LogP) is 4.85. The Hall–Kier alpha value is -3.75. The maximum atomic E-state index is 13.7. The van der Waals surface area contributed by atoms with E-state index in [1.807, 2.05) is 12.1 Å². The van der Waals surface area contributed by atoms with Crippen LogP contribution >= 0.6 is 22.9 Å². The summed E-state index contributed by atoms with van der Waals surface area (Å²) in [6.45, 7) is 3.57. The molecule has 5 rings (SSSR count). The lowest BCUT2D eigenvalue weighted by atomic mass is 9.96. The molecule has 2 aromatic carbocycles. The van der Waals surface area contributed by atoms with Gasteiger partial charge in [0.1, 0.15) is 17.3 Å². The fraction of sp³-hybridized carbons (Fsp3) is 0.148. The van der Waals surface area contributed by atoms with Crippen molar-refractivity contribution in [1.82, 2.24) is 4.57 Å². The van der Waals surface area contributed by atoms with Crippen LogP contribution < -0.4 is 14.9 Å². The van der Waals surface area contributed by atoms with Gasteiger partial charge in [0.25, 0.3) is 5.56 Å². The first kappa shape index (κ1) is 24.0. The van der Waals surface area contributed by atoms with Crippen molar-refractivity contribution in [3.63, 3.8) is 0 Å². The number of rotatable bonds is 5. The number of carbonyl (C=O) groups is 1. The molecular weight excluding hydrogens is 503 g/mol. The first-order chi connectivity index (χ1) is 17.4. The summed E-state index contributed by atoms with van der Waals surface area (Å²) in [6, 6.07) is 15.7. The Bertz CT molecular complexity index is 1680. The molecule has 4 aromatic rings. The van der Waals surface area contributed by atoms with Gasteiger partial charge in [0, 0.05) is 16.7 Å². The molecule has 182 valence electrons. The van der Waals surface area contributed by atoms with Crippen molar-refractivity contribution < 1.29 is 18.3 Å². The highest BCUT2D eigenvalue weighted by atomic mass is 35.5. The van der Waals surface area contributed by atoms with Crippen LogP contribution in [0.3, 0.4) is 0 Å². The molecule has 1 aliphatic rings. The lowest BCUT2D eigenvalue weighted by molar-refractivity contribution is -0.139. The molecule has 1 aliphatic heterocycles. The van der Waals surface area contributed by atoms with Crippen molar-refractivity contribution in [1.29, 1.82) is 0 Å². The molecule has 0 radical (unpaired) electrons. The maximum Gasteiger partial charge on any atom is 0.338 e. The van der Waals surface area contributed by atoms with Crippen LogP contribution in [0.5, 0.6) is 0 Å². The SMILES string of the molecule is CCOC(=O)C1=C(C)N=c2s/c(=C\c3ccc(-c4cccc(Cl)c4)o3)c(=O)n2[C@H]1c1ccc(F)cc1. The first-order valence-corrected chi connectivity index (χ1v) is 12.4. The summed E-state index contributed by atoms with van der Waals surface area (Å²) in [4.78, 5) is 31.4. The third-order valence-electron chi connectivity index (χ3n) is 5.71. The number of fused-ring (bicyclic) bond motifs is 1. The monoisotopic (exact) mass is 522 g/mol. The van der Waals surface area contributed by atoms with Crippen molar-refractivity contribution >= 4 is 35.0 Å². The number of allylic oxidation sites excluding steroid dienone is 1. The Morgan fingerprint density at radius 1 is 1.22 bits per heavy atom. The van der Waals surface area contributed by atoms with E-state index in [4.69, 9.17) is 20.8 Å². The van der Waals surface area contributed by atoms with Gasteiger partial charge < -0.3 is 9.15 Å². The van der Waals surface area contributed by atoms with E-state index in [0.717, 1.165) is 5.56 Å². The minimum Gasteiger partial charge on any atom is -0.463 e. The minimum atomic E-state index is -0.804. The molecule has 0 saturated carbocycles. The number of halogens is 2. The number of hydrogen-bond acceptors (Lipinski definition) is 6. The van der Waals surface area contributed by atoms with Crippen molar-refractivity contribution in [2.75, 3.05) is 6.61 Å².